The highest BCUT2D eigenvalue weighted by Gasteiger charge is 2.36. The Hall–Kier alpha value is -3.08. The van der Waals surface area contributed by atoms with Gasteiger partial charge in [0.25, 0.3) is 11.1 Å². The molecule has 2 aliphatic rings. The number of benzene rings is 2. The minimum atomic E-state index is -0.521. The van der Waals surface area contributed by atoms with Crippen molar-refractivity contribution in [1.82, 2.24) is 4.90 Å². The second kappa shape index (κ2) is 11.6. The number of imide groups is 1. The molecule has 0 atom stereocenters. The molecule has 2 aromatic rings. The molecule has 3 amide bonds. The number of amides is 3. The highest BCUT2D eigenvalue weighted by Crippen LogP contribution is 2.35. The van der Waals surface area contributed by atoms with Crippen LogP contribution in [0.25, 0.3) is 6.08 Å². The average molecular weight is 558 g/mol. The molecule has 0 spiro atoms. The van der Waals surface area contributed by atoms with E-state index in [2.05, 4.69) is 32.7 Å². The fourth-order valence-corrected chi connectivity index (χ4v) is 4.82. The van der Waals surface area contributed by atoms with E-state index in [0.29, 0.717) is 36.8 Å². The molecule has 10 heteroatoms. The Kier molecular flexibility index (Phi) is 8.27. The van der Waals surface area contributed by atoms with Crippen molar-refractivity contribution in [3.05, 3.63) is 70.1 Å². The van der Waals surface area contributed by atoms with Gasteiger partial charge in [-0.1, -0.05) is 28.6 Å². The van der Waals surface area contributed by atoms with Gasteiger partial charge in [-0.25, -0.2) is 0 Å². The standard InChI is InChI=1S/C25H24BrN3O5S/c1-2-11-34-21-8-3-18(26)14-17(21)15-22-24(31)29(25(32)35-22)16-23(30)27-19-4-6-20(7-5-19)28-9-12-33-13-10-28/h2-8,14-15H,1,9-13,16H2,(H,27,30)/b22-15+. The summed E-state index contributed by atoms with van der Waals surface area (Å²) in [6.07, 6.45) is 3.21. The van der Waals surface area contributed by atoms with Gasteiger partial charge in [0, 0.05) is 34.5 Å². The van der Waals surface area contributed by atoms with E-state index in [1.54, 1.807) is 36.4 Å². The summed E-state index contributed by atoms with van der Waals surface area (Å²) in [5.41, 5.74) is 2.27. The van der Waals surface area contributed by atoms with E-state index < -0.39 is 17.1 Å². The summed E-state index contributed by atoms with van der Waals surface area (Å²) in [4.78, 5) is 41.3. The molecule has 2 heterocycles. The first-order chi connectivity index (χ1) is 16.9. The number of rotatable bonds is 8. The maximum absolute atomic E-state index is 12.9. The number of hydrogen-bond acceptors (Lipinski definition) is 7. The molecule has 35 heavy (non-hydrogen) atoms. The molecule has 0 unspecified atom stereocenters. The van der Waals surface area contributed by atoms with E-state index >= 15 is 0 Å². The number of ether oxygens (including phenoxy) is 2. The van der Waals surface area contributed by atoms with Crippen LogP contribution in [-0.4, -0.2) is 61.4 Å². The van der Waals surface area contributed by atoms with Crippen LogP contribution in [0, 0.1) is 0 Å². The number of halogens is 1. The second-order valence-electron chi connectivity index (χ2n) is 7.74. The Morgan fingerprint density at radius 1 is 1.17 bits per heavy atom. The second-order valence-corrected chi connectivity index (χ2v) is 9.65. The molecule has 0 radical (unpaired) electrons. The molecule has 0 bridgehead atoms. The summed E-state index contributed by atoms with van der Waals surface area (Å²) < 4.78 is 11.8. The first kappa shape index (κ1) is 25.0. The van der Waals surface area contributed by atoms with Crippen LogP contribution < -0.4 is 15.0 Å². The van der Waals surface area contributed by atoms with Gasteiger partial charge in [0.05, 0.1) is 18.1 Å². The van der Waals surface area contributed by atoms with Gasteiger partial charge in [-0.2, -0.15) is 0 Å². The van der Waals surface area contributed by atoms with Crippen LogP contribution in [0.2, 0.25) is 0 Å². The highest BCUT2D eigenvalue weighted by molar-refractivity contribution is 9.10. The number of nitrogens with zero attached hydrogens (tertiary/aromatic N) is 2. The monoisotopic (exact) mass is 557 g/mol. The predicted octanol–water partition coefficient (Wildman–Crippen LogP) is 4.53. The zero-order valence-electron chi connectivity index (χ0n) is 18.9. The Balaban J connectivity index is 1.40. The SMILES string of the molecule is C=CCOc1ccc(Br)cc1/C=C1/SC(=O)N(CC(=O)Nc2ccc(N3CCOCC3)cc2)C1=O. The molecule has 0 saturated carbocycles. The van der Waals surface area contributed by atoms with E-state index in [9.17, 15) is 14.4 Å². The molecular weight excluding hydrogens is 534 g/mol. The summed E-state index contributed by atoms with van der Waals surface area (Å²) in [6.45, 7) is 6.59. The van der Waals surface area contributed by atoms with E-state index in [1.165, 1.54) is 0 Å². The third-order valence-corrected chi connectivity index (χ3v) is 6.72. The van der Waals surface area contributed by atoms with Crippen molar-refractivity contribution in [3.8, 4) is 5.75 Å². The molecule has 8 nitrogen and oxygen atoms in total. The molecule has 2 saturated heterocycles. The lowest BCUT2D eigenvalue weighted by Gasteiger charge is -2.28. The molecule has 0 aliphatic carbocycles. The van der Waals surface area contributed by atoms with Crippen LogP contribution in [-0.2, 0) is 14.3 Å². The number of carbonyl (C=O) groups excluding carboxylic acids is 3. The quantitative estimate of drug-likeness (QED) is 0.377. The topological polar surface area (TPSA) is 88.2 Å². The minimum absolute atomic E-state index is 0.221. The van der Waals surface area contributed by atoms with Crippen LogP contribution in [0.4, 0.5) is 16.2 Å². The number of thioether (sulfide) groups is 1. The van der Waals surface area contributed by atoms with E-state index in [1.807, 2.05) is 18.2 Å². The van der Waals surface area contributed by atoms with Gasteiger partial charge in [0.2, 0.25) is 5.91 Å². The summed E-state index contributed by atoms with van der Waals surface area (Å²) in [5, 5.41) is 2.25. The van der Waals surface area contributed by atoms with Gasteiger partial charge in [-0.3, -0.25) is 19.3 Å². The van der Waals surface area contributed by atoms with Crippen molar-refractivity contribution < 1.29 is 23.9 Å². The number of carbonyl (C=O) groups is 3. The first-order valence-electron chi connectivity index (χ1n) is 11.0. The molecule has 2 aliphatic heterocycles. The fraction of sp³-hybridized carbons (Fsp3) is 0.240. The Morgan fingerprint density at radius 2 is 1.91 bits per heavy atom. The summed E-state index contributed by atoms with van der Waals surface area (Å²) in [7, 11) is 0. The fourth-order valence-electron chi connectivity index (χ4n) is 3.61. The zero-order valence-corrected chi connectivity index (χ0v) is 21.3. The Labute approximate surface area is 216 Å². The molecule has 0 aromatic heterocycles. The maximum Gasteiger partial charge on any atom is 0.294 e. The number of anilines is 2. The van der Waals surface area contributed by atoms with Crippen molar-refractivity contribution in [3.63, 3.8) is 0 Å². The summed E-state index contributed by atoms with van der Waals surface area (Å²) in [6, 6.07) is 12.8. The molecular formula is C25H24BrN3O5S. The third kappa shape index (κ3) is 6.33. The van der Waals surface area contributed by atoms with Gasteiger partial charge in [0.15, 0.2) is 0 Å². The van der Waals surface area contributed by atoms with E-state index in [0.717, 1.165) is 39.9 Å². The van der Waals surface area contributed by atoms with Crippen molar-refractivity contribution in [2.75, 3.05) is 49.7 Å². The summed E-state index contributed by atoms with van der Waals surface area (Å²) >= 11 is 4.20. The maximum atomic E-state index is 12.9. The molecule has 2 fully saturated rings. The molecule has 4 rings (SSSR count). The van der Waals surface area contributed by atoms with Crippen LogP contribution >= 0.6 is 27.7 Å². The predicted molar refractivity (Wildman–Crippen MR) is 141 cm³/mol. The van der Waals surface area contributed by atoms with Gasteiger partial charge >= 0.3 is 0 Å². The van der Waals surface area contributed by atoms with E-state index in [4.69, 9.17) is 9.47 Å². The molecule has 1 N–H and O–H groups in total. The highest BCUT2D eigenvalue weighted by atomic mass is 79.9. The number of hydrogen-bond donors (Lipinski definition) is 1. The summed E-state index contributed by atoms with van der Waals surface area (Å²) in [5.74, 6) is -0.421. The largest absolute Gasteiger partial charge is 0.489 e. The van der Waals surface area contributed by atoms with Crippen molar-refractivity contribution in [2.45, 2.75) is 0 Å². The lowest BCUT2D eigenvalue weighted by Crippen LogP contribution is -2.36. The van der Waals surface area contributed by atoms with Crippen LogP contribution in [0.15, 0.2) is 64.5 Å². The van der Waals surface area contributed by atoms with Crippen LogP contribution in [0.1, 0.15) is 5.56 Å². The Morgan fingerprint density at radius 3 is 2.63 bits per heavy atom. The van der Waals surface area contributed by atoms with Crippen molar-refractivity contribution >= 4 is 62.2 Å². The van der Waals surface area contributed by atoms with Crippen LogP contribution in [0.5, 0.6) is 5.75 Å². The van der Waals surface area contributed by atoms with Gasteiger partial charge in [0.1, 0.15) is 18.9 Å². The van der Waals surface area contributed by atoms with Gasteiger partial charge < -0.3 is 19.7 Å². The van der Waals surface area contributed by atoms with Crippen LogP contribution in [0.3, 0.4) is 0 Å². The van der Waals surface area contributed by atoms with E-state index in [-0.39, 0.29) is 11.4 Å². The first-order valence-corrected chi connectivity index (χ1v) is 12.6. The van der Waals surface area contributed by atoms with Gasteiger partial charge in [-0.05, 0) is 60.3 Å². The smallest absolute Gasteiger partial charge is 0.294 e. The minimum Gasteiger partial charge on any atom is -0.489 e. The normalized spacial score (nSPS) is 17.1. The molecule has 2 aromatic carbocycles. The van der Waals surface area contributed by atoms with Gasteiger partial charge in [-0.15, -0.1) is 0 Å². The van der Waals surface area contributed by atoms with Crippen molar-refractivity contribution in [2.24, 2.45) is 0 Å². The average Bonchev–Trinajstić information content (AvgIpc) is 3.12. The zero-order chi connectivity index (χ0) is 24.8. The number of nitrogens with one attached hydrogen (secondary N) is 1. The molecule has 182 valence electrons. The lowest BCUT2D eigenvalue weighted by atomic mass is 10.2. The number of morpholine rings is 1. The lowest BCUT2D eigenvalue weighted by molar-refractivity contribution is -0.127. The third-order valence-electron chi connectivity index (χ3n) is 5.32. The Bertz CT molecular complexity index is 1160. The van der Waals surface area contributed by atoms with Crippen molar-refractivity contribution in [1.29, 1.82) is 0 Å².